The van der Waals surface area contributed by atoms with Gasteiger partial charge in [-0.25, -0.2) is 4.79 Å². The van der Waals surface area contributed by atoms with Crippen molar-refractivity contribution >= 4 is 47.0 Å². The van der Waals surface area contributed by atoms with Gasteiger partial charge < -0.3 is 14.5 Å². The van der Waals surface area contributed by atoms with Crippen LogP contribution in [0.5, 0.6) is 0 Å². The van der Waals surface area contributed by atoms with Gasteiger partial charge in [0.2, 0.25) is 10.2 Å². The van der Waals surface area contributed by atoms with Crippen LogP contribution in [0.3, 0.4) is 0 Å². The lowest BCUT2D eigenvalue weighted by atomic mass is 10.6. The van der Waals surface area contributed by atoms with Crippen LogP contribution in [0, 0.1) is 0 Å². The summed E-state index contributed by atoms with van der Waals surface area (Å²) in [5.41, 5.74) is -0.834. The smallest absolute Gasteiger partial charge is 0.326 e. The summed E-state index contributed by atoms with van der Waals surface area (Å²) in [6, 6.07) is 0. The summed E-state index contributed by atoms with van der Waals surface area (Å²) in [6.07, 6.45) is 0. The Kier molecular flexibility index (Phi) is 3.13. The molecule has 0 amide bonds. The van der Waals surface area contributed by atoms with E-state index in [2.05, 4.69) is 9.97 Å². The molecule has 0 atom stereocenters. The highest BCUT2D eigenvalue weighted by Crippen LogP contribution is 2.60. The van der Waals surface area contributed by atoms with E-state index in [0.717, 1.165) is 18.7 Å². The van der Waals surface area contributed by atoms with Crippen LogP contribution in [0.25, 0.3) is 0 Å². The highest BCUT2D eigenvalue weighted by molar-refractivity contribution is 8.32. The fourth-order valence-electron chi connectivity index (χ4n) is 1.71. The van der Waals surface area contributed by atoms with Gasteiger partial charge in [-0.05, 0) is 23.5 Å². The maximum absolute atomic E-state index is 11.7. The van der Waals surface area contributed by atoms with E-state index in [1.165, 1.54) is 47.0 Å². The molecule has 104 valence electrons. The second-order valence-electron chi connectivity index (χ2n) is 3.82. The third-order valence-corrected chi connectivity index (χ3v) is 7.92. The van der Waals surface area contributed by atoms with E-state index in [-0.39, 0.29) is 5.56 Å². The summed E-state index contributed by atoms with van der Waals surface area (Å²) in [6.45, 7) is 1.12. The highest BCUT2D eigenvalue weighted by atomic mass is 32.2. The van der Waals surface area contributed by atoms with Crippen molar-refractivity contribution in [2.24, 2.45) is 0 Å². The van der Waals surface area contributed by atoms with Crippen molar-refractivity contribution in [1.82, 2.24) is 9.97 Å². The van der Waals surface area contributed by atoms with Crippen molar-refractivity contribution in [3.05, 3.63) is 39.5 Å². The summed E-state index contributed by atoms with van der Waals surface area (Å²) < 4.78 is 13.0. The SMILES string of the molecule is O=c1[nH]c2c(c(=O)[nH]1)SC(=C1SC3=C(OCCO3)S1)S2. The fraction of sp³-hybridized carbons (Fsp3) is 0.200. The minimum absolute atomic E-state index is 0.352. The van der Waals surface area contributed by atoms with Crippen LogP contribution in [0.15, 0.2) is 38.2 Å². The Balaban J connectivity index is 1.67. The second-order valence-corrected chi connectivity index (χ2v) is 8.35. The summed E-state index contributed by atoms with van der Waals surface area (Å²) in [4.78, 5) is 28.4. The number of nitrogens with one attached hydrogen (secondary N) is 2. The molecule has 3 aliphatic heterocycles. The monoisotopic (exact) mass is 346 g/mol. The van der Waals surface area contributed by atoms with Gasteiger partial charge in [0.25, 0.3) is 5.56 Å². The fourth-order valence-corrected chi connectivity index (χ4v) is 6.72. The molecule has 6 nitrogen and oxygen atoms in total. The van der Waals surface area contributed by atoms with Gasteiger partial charge >= 0.3 is 5.69 Å². The van der Waals surface area contributed by atoms with E-state index >= 15 is 0 Å². The van der Waals surface area contributed by atoms with Crippen molar-refractivity contribution in [1.29, 1.82) is 0 Å². The van der Waals surface area contributed by atoms with Crippen LogP contribution >= 0.6 is 47.0 Å². The molecule has 4 heterocycles. The number of fused-ring (bicyclic) bond motifs is 1. The van der Waals surface area contributed by atoms with E-state index in [4.69, 9.17) is 9.47 Å². The minimum atomic E-state index is -0.482. The maximum Gasteiger partial charge on any atom is 0.326 e. The summed E-state index contributed by atoms with van der Waals surface area (Å²) in [5, 5.41) is 2.16. The molecule has 1 aromatic heterocycles. The minimum Gasteiger partial charge on any atom is -0.480 e. The molecule has 0 bridgehead atoms. The first-order valence-electron chi connectivity index (χ1n) is 5.53. The number of hydrogen-bond donors (Lipinski definition) is 2. The number of thioether (sulfide) groups is 4. The summed E-state index contributed by atoms with van der Waals surface area (Å²) in [7, 11) is 0. The standard InChI is InChI=1S/C10H6N2O4S4/c13-4-3-5(12-10(14)11-4)18-8(17-3)9-19-6-7(20-9)16-2-1-15-6/h1-2H2,(H2,11,12,13,14). The third kappa shape index (κ3) is 2.10. The van der Waals surface area contributed by atoms with Crippen LogP contribution in [0.2, 0.25) is 0 Å². The quantitative estimate of drug-likeness (QED) is 0.691. The van der Waals surface area contributed by atoms with Gasteiger partial charge in [-0.15, -0.1) is 0 Å². The Morgan fingerprint density at radius 3 is 2.20 bits per heavy atom. The van der Waals surface area contributed by atoms with Crippen LogP contribution in [-0.2, 0) is 9.47 Å². The van der Waals surface area contributed by atoms with Gasteiger partial charge in [0, 0.05) is 0 Å². The van der Waals surface area contributed by atoms with E-state index in [1.807, 2.05) is 0 Å². The summed E-state index contributed by atoms with van der Waals surface area (Å²) in [5.74, 6) is 0. The topological polar surface area (TPSA) is 84.2 Å². The van der Waals surface area contributed by atoms with Crippen molar-refractivity contribution < 1.29 is 9.47 Å². The van der Waals surface area contributed by atoms with Gasteiger partial charge in [-0.1, -0.05) is 23.5 Å². The Hall–Kier alpha value is -0.840. The molecule has 0 fully saturated rings. The number of H-pyrrole nitrogens is 2. The zero-order valence-corrected chi connectivity index (χ0v) is 12.9. The second kappa shape index (κ2) is 4.86. The molecular formula is C10H6N2O4S4. The van der Waals surface area contributed by atoms with Crippen LogP contribution in [0.1, 0.15) is 0 Å². The first kappa shape index (κ1) is 12.9. The predicted molar refractivity (Wildman–Crippen MR) is 80.5 cm³/mol. The van der Waals surface area contributed by atoms with Crippen molar-refractivity contribution in [2.75, 3.05) is 13.2 Å². The Morgan fingerprint density at radius 1 is 0.850 bits per heavy atom. The molecule has 0 radical (unpaired) electrons. The van der Waals surface area contributed by atoms with Crippen LogP contribution in [0.4, 0.5) is 0 Å². The molecule has 2 N–H and O–H groups in total. The summed E-state index contributed by atoms with van der Waals surface area (Å²) >= 11 is 5.76. The van der Waals surface area contributed by atoms with Gasteiger partial charge in [0.05, 0.1) is 8.47 Å². The van der Waals surface area contributed by atoms with Gasteiger partial charge in [-0.2, -0.15) is 0 Å². The molecule has 0 aliphatic carbocycles. The lowest BCUT2D eigenvalue weighted by molar-refractivity contribution is 0.0949. The van der Waals surface area contributed by atoms with E-state index in [1.54, 1.807) is 0 Å². The predicted octanol–water partition coefficient (Wildman–Crippen LogP) is 2.04. The molecule has 3 aliphatic rings. The Labute approximate surface area is 129 Å². The molecule has 0 saturated heterocycles. The molecule has 0 aromatic carbocycles. The third-order valence-electron chi connectivity index (χ3n) is 2.51. The Bertz CT molecular complexity index is 758. The molecule has 10 heteroatoms. The van der Waals surface area contributed by atoms with Crippen molar-refractivity contribution in [3.63, 3.8) is 0 Å². The molecule has 0 unspecified atom stereocenters. The van der Waals surface area contributed by atoms with Gasteiger partial charge in [0.1, 0.15) is 23.1 Å². The average molecular weight is 346 g/mol. The molecule has 20 heavy (non-hydrogen) atoms. The lowest BCUT2D eigenvalue weighted by Crippen LogP contribution is -2.23. The zero-order chi connectivity index (χ0) is 13.7. The molecule has 0 saturated carbocycles. The van der Waals surface area contributed by atoms with E-state index in [0.29, 0.717) is 23.1 Å². The van der Waals surface area contributed by atoms with Gasteiger partial charge in [-0.3, -0.25) is 9.78 Å². The first-order chi connectivity index (χ1) is 9.70. The molecular weight excluding hydrogens is 340 g/mol. The van der Waals surface area contributed by atoms with E-state index in [9.17, 15) is 9.59 Å². The van der Waals surface area contributed by atoms with Crippen molar-refractivity contribution in [2.45, 2.75) is 9.92 Å². The normalized spacial score (nSPS) is 20.6. The molecule has 1 aromatic rings. The molecule has 0 spiro atoms. The maximum atomic E-state index is 11.7. The number of hydrogen-bond acceptors (Lipinski definition) is 8. The zero-order valence-electron chi connectivity index (χ0n) is 9.68. The van der Waals surface area contributed by atoms with Gasteiger partial charge in [0.15, 0.2) is 0 Å². The number of aromatic nitrogens is 2. The van der Waals surface area contributed by atoms with Crippen molar-refractivity contribution in [3.8, 4) is 0 Å². The molecule has 4 rings (SSSR count). The highest BCUT2D eigenvalue weighted by Gasteiger charge is 2.33. The number of ether oxygens (including phenoxy) is 2. The van der Waals surface area contributed by atoms with Crippen LogP contribution in [-0.4, -0.2) is 23.2 Å². The number of rotatable bonds is 0. The van der Waals surface area contributed by atoms with Crippen LogP contribution < -0.4 is 11.2 Å². The lowest BCUT2D eigenvalue weighted by Gasteiger charge is -2.13. The van der Waals surface area contributed by atoms with E-state index < -0.39 is 5.69 Å². The average Bonchev–Trinajstić information content (AvgIpc) is 3.01. The number of aromatic amines is 2. The Morgan fingerprint density at radius 2 is 1.50 bits per heavy atom. The first-order valence-corrected chi connectivity index (χ1v) is 8.79. The largest absolute Gasteiger partial charge is 0.480 e.